The lowest BCUT2D eigenvalue weighted by Gasteiger charge is -2.10. The Bertz CT molecular complexity index is 104. The predicted octanol–water partition coefficient (Wildman–Crippen LogP) is 1.57. The molecule has 0 aliphatic carbocycles. The Kier molecular flexibility index (Phi) is 9.66. The fourth-order valence-electron chi connectivity index (χ4n) is 0.364. The van der Waals surface area contributed by atoms with Crippen molar-refractivity contribution in [1.82, 2.24) is 0 Å². The van der Waals surface area contributed by atoms with Crippen molar-refractivity contribution in [2.75, 3.05) is 24.1 Å². The lowest BCUT2D eigenvalue weighted by molar-refractivity contribution is 0.224. The van der Waals surface area contributed by atoms with Crippen LogP contribution in [0.4, 0.5) is 0 Å². The minimum Gasteiger partial charge on any atom is -0.395 e. The molecular weight excluding hydrogens is 239 g/mol. The van der Waals surface area contributed by atoms with Gasteiger partial charge in [-0.25, -0.2) is 0 Å². The first-order valence-electron chi connectivity index (χ1n) is 3.43. The Hall–Kier alpha value is 1.20. The molecule has 0 amide bonds. The van der Waals surface area contributed by atoms with E-state index in [-0.39, 0.29) is 17.7 Å². The summed E-state index contributed by atoms with van der Waals surface area (Å²) in [5.74, 6) is 1.24. The highest BCUT2D eigenvalue weighted by Gasteiger charge is 2.08. The molecule has 2 unspecified atom stereocenters. The topological polar surface area (TPSA) is 40.5 Å². The second kappa shape index (κ2) is 8.78. The number of rotatable bonds is 7. The van der Waals surface area contributed by atoms with Gasteiger partial charge >= 0.3 is 0 Å². The van der Waals surface area contributed by atoms with Crippen LogP contribution in [0.15, 0.2) is 0 Å². The van der Waals surface area contributed by atoms with Gasteiger partial charge in [-0.3, -0.25) is 0 Å². The molecule has 0 radical (unpaired) electrons. The zero-order valence-electron chi connectivity index (χ0n) is 6.45. The summed E-state index contributed by atoms with van der Waals surface area (Å²) in [5.41, 5.74) is 0. The third kappa shape index (κ3) is 6.69. The number of aliphatic hydroxyl groups excluding tert-OH is 2. The molecule has 0 saturated carbocycles. The fraction of sp³-hybridized carbons (Fsp3) is 1.00. The van der Waals surface area contributed by atoms with Crippen LogP contribution in [0.2, 0.25) is 0 Å². The summed E-state index contributed by atoms with van der Waals surface area (Å²) in [6.07, 6.45) is -0.473. The van der Waals surface area contributed by atoms with Gasteiger partial charge in [-0.1, -0.05) is 21.6 Å². The molecule has 12 heavy (non-hydrogen) atoms. The van der Waals surface area contributed by atoms with Crippen molar-refractivity contribution in [2.24, 2.45) is 0 Å². The van der Waals surface area contributed by atoms with Crippen molar-refractivity contribution in [1.29, 1.82) is 0 Å². The van der Waals surface area contributed by atoms with Crippen molar-refractivity contribution in [3.8, 4) is 0 Å². The molecule has 0 aromatic heterocycles. The molecular formula is C6H12Cl2O2S2. The molecule has 0 aromatic rings. The van der Waals surface area contributed by atoms with E-state index in [1.807, 2.05) is 0 Å². The third-order valence-electron chi connectivity index (χ3n) is 1.02. The number of alkyl halides is 2. The molecule has 0 aliphatic heterocycles. The smallest absolute Gasteiger partial charge is 0.0774 e. The molecule has 2 N–H and O–H groups in total. The van der Waals surface area contributed by atoms with E-state index in [1.165, 1.54) is 21.6 Å². The molecule has 0 aliphatic rings. The minimum absolute atomic E-state index is 0.0409. The SMILES string of the molecule is OCC(CCl)SSCC(O)CCl. The monoisotopic (exact) mass is 250 g/mol. The lowest BCUT2D eigenvalue weighted by Crippen LogP contribution is -2.13. The summed E-state index contributed by atoms with van der Waals surface area (Å²) in [7, 11) is 2.96. The Morgan fingerprint density at radius 1 is 1.25 bits per heavy atom. The van der Waals surface area contributed by atoms with Crippen molar-refractivity contribution in [3.63, 3.8) is 0 Å². The van der Waals surface area contributed by atoms with Gasteiger partial charge in [-0.2, -0.15) is 0 Å². The van der Waals surface area contributed by atoms with E-state index >= 15 is 0 Å². The van der Waals surface area contributed by atoms with Crippen molar-refractivity contribution >= 4 is 44.8 Å². The molecule has 0 bridgehead atoms. The van der Waals surface area contributed by atoms with E-state index in [1.54, 1.807) is 0 Å². The van der Waals surface area contributed by atoms with E-state index in [9.17, 15) is 0 Å². The predicted molar refractivity (Wildman–Crippen MR) is 58.4 cm³/mol. The maximum absolute atomic E-state index is 9.05. The highest BCUT2D eigenvalue weighted by Crippen LogP contribution is 2.27. The molecule has 74 valence electrons. The Morgan fingerprint density at radius 3 is 2.33 bits per heavy atom. The molecule has 6 heteroatoms. The number of halogens is 2. The van der Waals surface area contributed by atoms with Crippen molar-refractivity contribution in [2.45, 2.75) is 11.4 Å². The second-order valence-corrected chi connectivity index (χ2v) is 5.48. The fourth-order valence-corrected chi connectivity index (χ4v) is 3.44. The van der Waals surface area contributed by atoms with Gasteiger partial charge in [0.1, 0.15) is 0 Å². The van der Waals surface area contributed by atoms with Gasteiger partial charge in [0.2, 0.25) is 0 Å². The Morgan fingerprint density at radius 2 is 1.92 bits per heavy atom. The normalized spacial score (nSPS) is 16.0. The van der Waals surface area contributed by atoms with Crippen LogP contribution < -0.4 is 0 Å². The van der Waals surface area contributed by atoms with Crippen LogP contribution in [0, 0.1) is 0 Å². The summed E-state index contributed by atoms with van der Waals surface area (Å²) in [5, 5.41) is 17.8. The zero-order chi connectivity index (χ0) is 9.40. The highest BCUT2D eigenvalue weighted by atomic mass is 35.5. The van der Waals surface area contributed by atoms with Gasteiger partial charge in [0.15, 0.2) is 0 Å². The quantitative estimate of drug-likeness (QED) is 0.532. The van der Waals surface area contributed by atoms with Gasteiger partial charge in [0.25, 0.3) is 0 Å². The summed E-state index contributed by atoms with van der Waals surface area (Å²) in [4.78, 5) is 0. The van der Waals surface area contributed by atoms with Gasteiger partial charge in [0, 0.05) is 17.5 Å². The van der Waals surface area contributed by atoms with E-state index in [0.717, 1.165) is 0 Å². The van der Waals surface area contributed by atoms with Crippen LogP contribution in [0.1, 0.15) is 0 Å². The summed E-state index contributed by atoms with van der Waals surface area (Å²) in [6, 6.07) is 0. The molecule has 0 fully saturated rings. The highest BCUT2D eigenvalue weighted by molar-refractivity contribution is 8.77. The Balaban J connectivity index is 3.28. The number of hydrogen-bond donors (Lipinski definition) is 2. The third-order valence-corrected chi connectivity index (χ3v) is 4.81. The molecule has 0 saturated heterocycles. The van der Waals surface area contributed by atoms with Gasteiger partial charge < -0.3 is 10.2 Å². The summed E-state index contributed by atoms with van der Waals surface area (Å²) < 4.78 is 0. The van der Waals surface area contributed by atoms with E-state index in [0.29, 0.717) is 11.6 Å². The minimum atomic E-state index is -0.473. The maximum Gasteiger partial charge on any atom is 0.0774 e. The maximum atomic E-state index is 9.05. The average Bonchev–Trinajstić information content (AvgIpc) is 2.12. The molecule has 0 heterocycles. The summed E-state index contributed by atoms with van der Waals surface area (Å²) >= 11 is 10.9. The zero-order valence-corrected chi connectivity index (χ0v) is 9.59. The van der Waals surface area contributed by atoms with Crippen molar-refractivity contribution in [3.05, 3.63) is 0 Å². The van der Waals surface area contributed by atoms with E-state index in [4.69, 9.17) is 33.4 Å². The van der Waals surface area contributed by atoms with Crippen LogP contribution >= 0.6 is 44.8 Å². The first-order chi connectivity index (χ1) is 5.74. The molecule has 2 nitrogen and oxygen atoms in total. The molecule has 0 rings (SSSR count). The van der Waals surface area contributed by atoms with Gasteiger partial charge in [-0.15, -0.1) is 23.2 Å². The van der Waals surface area contributed by atoms with E-state index in [2.05, 4.69) is 0 Å². The van der Waals surface area contributed by atoms with Crippen LogP contribution in [0.25, 0.3) is 0 Å². The largest absolute Gasteiger partial charge is 0.395 e. The lowest BCUT2D eigenvalue weighted by atomic mass is 10.5. The standard InChI is InChI=1S/C6H12Cl2O2S2/c7-1-5(10)4-11-12-6(2-8)3-9/h5-6,9-10H,1-4H2. The van der Waals surface area contributed by atoms with Crippen molar-refractivity contribution < 1.29 is 10.2 Å². The van der Waals surface area contributed by atoms with Crippen LogP contribution in [-0.4, -0.2) is 45.7 Å². The van der Waals surface area contributed by atoms with Gasteiger partial charge in [0.05, 0.1) is 18.0 Å². The Labute approximate surface area is 90.4 Å². The molecule has 0 spiro atoms. The number of hydrogen-bond acceptors (Lipinski definition) is 4. The van der Waals surface area contributed by atoms with E-state index < -0.39 is 6.10 Å². The van der Waals surface area contributed by atoms with Crippen LogP contribution in [0.5, 0.6) is 0 Å². The van der Waals surface area contributed by atoms with Crippen LogP contribution in [0.3, 0.4) is 0 Å². The van der Waals surface area contributed by atoms with Crippen LogP contribution in [-0.2, 0) is 0 Å². The molecule has 0 aromatic carbocycles. The average molecular weight is 251 g/mol. The second-order valence-electron chi connectivity index (χ2n) is 2.15. The van der Waals surface area contributed by atoms with Gasteiger partial charge in [-0.05, 0) is 0 Å². The molecule has 2 atom stereocenters. The number of aliphatic hydroxyl groups is 2. The first kappa shape index (κ1) is 13.2. The summed E-state index contributed by atoms with van der Waals surface area (Å²) in [6.45, 7) is 0.0676. The first-order valence-corrected chi connectivity index (χ1v) is 6.88.